The third kappa shape index (κ3) is 12.9. The first-order chi connectivity index (χ1) is 36.1. The molecule has 16 nitrogen and oxygen atoms in total. The summed E-state index contributed by atoms with van der Waals surface area (Å²) in [5, 5.41) is 11.4. The lowest BCUT2D eigenvalue weighted by molar-refractivity contribution is -0.146. The number of imidazole rings is 1. The molecular formula is C56H65Br2Cl2N9O7. The summed E-state index contributed by atoms with van der Waals surface area (Å²) < 4.78 is 15.2. The number of carboxylic acids is 1. The summed E-state index contributed by atoms with van der Waals surface area (Å²) in [5.41, 5.74) is 7.35. The molecule has 5 aliphatic rings. The second kappa shape index (κ2) is 23.1. The Morgan fingerprint density at radius 3 is 1.62 bits per heavy atom. The van der Waals surface area contributed by atoms with Crippen LogP contribution in [0, 0.1) is 5.92 Å². The first-order valence-corrected chi connectivity index (χ1v) is 28.2. The van der Waals surface area contributed by atoms with E-state index in [9.17, 15) is 24.3 Å². The summed E-state index contributed by atoms with van der Waals surface area (Å²) in [7, 11) is 0. The second-order valence-electron chi connectivity index (χ2n) is 22.3. The van der Waals surface area contributed by atoms with Crippen molar-refractivity contribution in [2.45, 2.75) is 116 Å². The number of halogens is 4. The number of rotatable bonds is 6. The predicted molar refractivity (Wildman–Crippen MR) is 296 cm³/mol. The summed E-state index contributed by atoms with van der Waals surface area (Å²) in [4.78, 5) is 75.9. The maximum absolute atomic E-state index is 14.3. The van der Waals surface area contributed by atoms with Gasteiger partial charge in [-0.3, -0.25) is 34.4 Å². The number of likely N-dealkylation sites (tertiary alicyclic amines) is 1. The zero-order valence-electron chi connectivity index (χ0n) is 43.7. The van der Waals surface area contributed by atoms with Crippen LogP contribution >= 0.6 is 55.1 Å². The molecule has 0 saturated carbocycles. The van der Waals surface area contributed by atoms with Crippen LogP contribution in [0.25, 0.3) is 0 Å². The van der Waals surface area contributed by atoms with Crippen LogP contribution in [-0.4, -0.2) is 149 Å². The van der Waals surface area contributed by atoms with Gasteiger partial charge in [-0.25, -0.2) is 19.4 Å². The van der Waals surface area contributed by atoms with Crippen molar-refractivity contribution in [3.63, 3.8) is 0 Å². The van der Waals surface area contributed by atoms with Crippen LogP contribution in [0.4, 0.5) is 9.59 Å². The first kappa shape index (κ1) is 55.6. The highest BCUT2D eigenvalue weighted by Gasteiger charge is 2.45. The first-order valence-electron chi connectivity index (χ1n) is 25.9. The number of pyridine rings is 2. The molecule has 1 N–H and O–H groups in total. The molecule has 10 rings (SSSR count). The molecule has 20 heteroatoms. The minimum absolute atomic E-state index is 0.0300. The number of carbonyl (C=O) groups excluding carboxylic acids is 3. The SMILES string of the molecule is CC(C)(C)OC(=O)N1CCN(C2c3ccc(Cl)cc3CCc3cc(Br)cnc32)C[C@@H]1C(=O)N1CC[C@@H](Cn2ccnc2)C1.CC(C)(C)OC(=O)N1CCN(C2c3ccc(Cl)cc3CCc3cc(Br)cnc32)C[C@@H]1C(=O)O. The zero-order valence-corrected chi connectivity index (χ0v) is 48.4. The molecule has 404 valence electrons. The van der Waals surface area contributed by atoms with Gasteiger partial charge in [0.25, 0.3) is 0 Å². The van der Waals surface area contributed by atoms with Gasteiger partial charge in [0.2, 0.25) is 5.91 Å². The predicted octanol–water partition coefficient (Wildman–Crippen LogP) is 10.0. The number of hydrogen-bond acceptors (Lipinski definition) is 11. The van der Waals surface area contributed by atoms with Crippen molar-refractivity contribution < 1.29 is 33.8 Å². The van der Waals surface area contributed by atoms with E-state index in [4.69, 9.17) is 42.6 Å². The summed E-state index contributed by atoms with van der Waals surface area (Å²) in [6.45, 7) is 15.2. The lowest BCUT2D eigenvalue weighted by Gasteiger charge is -2.44. The van der Waals surface area contributed by atoms with E-state index in [2.05, 4.69) is 75.5 Å². The van der Waals surface area contributed by atoms with E-state index in [-0.39, 0.29) is 31.1 Å². The van der Waals surface area contributed by atoms with Gasteiger partial charge in [0.1, 0.15) is 23.3 Å². The standard InChI is InChI=1S/C32H38BrClN6O3.C24H27BrClN3O4/c1-32(2,3)43-31(42)40-13-12-38(19-27(40)30(41)39-10-8-21(18-39)17-37-11-9-35-20-37)29-26-7-6-25(34)15-22(26)4-5-23-14-24(33)16-36-28(23)29;1-24(2,3)33-23(32)29-9-8-28(13-19(29)22(30)31)21-18-7-6-17(26)11-14(18)4-5-15-10-16(25)12-27-20(15)21/h6-7,9,11,14-16,20-21,27,29H,4-5,8,10,12-13,17-19H2,1-3H3;6-7,10-12,19,21H,4-5,8-9,13H2,1-3H3,(H,30,31)/t21-,27+,29?;19-,21?/m01/s1. The van der Waals surface area contributed by atoms with Crippen molar-refractivity contribution in [3.8, 4) is 0 Å². The fourth-order valence-corrected chi connectivity index (χ4v) is 12.4. The Balaban J connectivity index is 0.000000193. The number of ether oxygens (including phenoxy) is 2. The number of aromatic nitrogens is 4. The molecule has 2 unspecified atom stereocenters. The van der Waals surface area contributed by atoms with Crippen molar-refractivity contribution >= 4 is 79.1 Å². The molecule has 76 heavy (non-hydrogen) atoms. The molecule has 3 aromatic heterocycles. The second-order valence-corrected chi connectivity index (χ2v) is 25.0. The molecule has 0 spiro atoms. The highest BCUT2D eigenvalue weighted by atomic mass is 79.9. The number of amides is 3. The van der Waals surface area contributed by atoms with Crippen LogP contribution in [0.3, 0.4) is 0 Å². The Morgan fingerprint density at radius 2 is 1.14 bits per heavy atom. The summed E-state index contributed by atoms with van der Waals surface area (Å²) in [6, 6.07) is 14.1. The van der Waals surface area contributed by atoms with Crippen LogP contribution in [0.2, 0.25) is 10.0 Å². The third-order valence-electron chi connectivity index (χ3n) is 14.6. The Labute approximate surface area is 471 Å². The van der Waals surface area contributed by atoms with E-state index in [1.54, 1.807) is 38.1 Å². The maximum atomic E-state index is 14.3. The van der Waals surface area contributed by atoms with Crippen LogP contribution in [-0.2, 0) is 51.3 Å². The highest BCUT2D eigenvalue weighted by molar-refractivity contribution is 9.10. The van der Waals surface area contributed by atoms with Crippen molar-refractivity contribution in [1.82, 2.24) is 44.0 Å². The average Bonchev–Trinajstić information content (AvgIpc) is 4.01. The number of piperazine rings is 2. The quantitative estimate of drug-likeness (QED) is 0.171. The molecule has 3 saturated heterocycles. The molecule has 0 bridgehead atoms. The van der Waals surface area contributed by atoms with Gasteiger partial charge in [0, 0.05) is 103 Å². The largest absolute Gasteiger partial charge is 0.480 e. The lowest BCUT2D eigenvalue weighted by Crippen LogP contribution is -2.62. The Kier molecular flexibility index (Phi) is 16.9. The minimum atomic E-state index is -1.06. The van der Waals surface area contributed by atoms with Gasteiger partial charge in [-0.2, -0.15) is 0 Å². The van der Waals surface area contributed by atoms with Crippen molar-refractivity contribution in [1.29, 1.82) is 0 Å². The van der Waals surface area contributed by atoms with E-state index < -0.39 is 41.4 Å². The lowest BCUT2D eigenvalue weighted by atomic mass is 9.95. The molecule has 3 fully saturated rings. The molecule has 6 heterocycles. The van der Waals surface area contributed by atoms with Gasteiger partial charge in [-0.1, -0.05) is 35.3 Å². The highest BCUT2D eigenvalue weighted by Crippen LogP contribution is 2.41. The van der Waals surface area contributed by atoms with E-state index in [1.165, 1.54) is 16.0 Å². The van der Waals surface area contributed by atoms with Gasteiger partial charge in [0.15, 0.2) is 0 Å². The normalized spacial score (nSPS) is 21.9. The number of nitrogens with zero attached hydrogens (tertiary/aromatic N) is 9. The van der Waals surface area contributed by atoms with Gasteiger partial charge >= 0.3 is 18.2 Å². The van der Waals surface area contributed by atoms with Crippen LogP contribution in [0.5, 0.6) is 0 Å². The van der Waals surface area contributed by atoms with E-state index in [0.29, 0.717) is 55.2 Å². The Bertz CT molecular complexity index is 2860. The molecule has 5 atom stereocenters. The number of aryl methyl sites for hydroxylation is 4. The molecule has 2 aromatic carbocycles. The fourth-order valence-electron chi connectivity index (χ4n) is 11.2. The third-order valence-corrected chi connectivity index (χ3v) is 15.9. The number of hydrogen-bond donors (Lipinski definition) is 1. The monoisotopic (exact) mass is 1200 g/mol. The van der Waals surface area contributed by atoms with Crippen LogP contribution < -0.4 is 0 Å². The smallest absolute Gasteiger partial charge is 0.411 e. The summed E-state index contributed by atoms with van der Waals surface area (Å²) in [5.74, 6) is -0.752. The molecule has 3 aliphatic heterocycles. The van der Waals surface area contributed by atoms with Crippen molar-refractivity contribution in [3.05, 3.63) is 143 Å². The van der Waals surface area contributed by atoms with Crippen LogP contribution in [0.15, 0.2) is 88.6 Å². The van der Waals surface area contributed by atoms with Crippen molar-refractivity contribution in [2.24, 2.45) is 5.92 Å². The van der Waals surface area contributed by atoms with E-state index >= 15 is 0 Å². The van der Waals surface area contributed by atoms with Gasteiger partial charge < -0.3 is 24.0 Å². The number of carbonyl (C=O) groups is 4. The van der Waals surface area contributed by atoms with Gasteiger partial charge in [-0.05, 0) is 181 Å². The zero-order chi connectivity index (χ0) is 54.2. The summed E-state index contributed by atoms with van der Waals surface area (Å²) >= 11 is 19.9. The number of fused-ring (bicyclic) bond motifs is 4. The topological polar surface area (TPSA) is 167 Å². The Morgan fingerprint density at radius 1 is 0.658 bits per heavy atom. The van der Waals surface area contributed by atoms with Gasteiger partial charge in [0.05, 0.1) is 29.8 Å². The summed E-state index contributed by atoms with van der Waals surface area (Å²) in [6.07, 6.45) is 12.3. The van der Waals surface area contributed by atoms with E-state index in [1.807, 2.05) is 68.7 Å². The molecule has 2 aliphatic carbocycles. The van der Waals surface area contributed by atoms with Gasteiger partial charge in [-0.15, -0.1) is 0 Å². The average molecular weight is 1210 g/mol. The Hall–Kier alpha value is -5.11. The van der Waals surface area contributed by atoms with Crippen molar-refractivity contribution in [2.75, 3.05) is 52.4 Å². The molecule has 5 aromatic rings. The maximum Gasteiger partial charge on any atom is 0.411 e. The van der Waals surface area contributed by atoms with Crippen LogP contribution in [0.1, 0.15) is 105 Å². The van der Waals surface area contributed by atoms with E-state index in [0.717, 1.165) is 81.2 Å². The molecule has 0 radical (unpaired) electrons. The number of carboxylic acid groups (broad SMARTS) is 1. The fraction of sp³-hybridized carbons (Fsp3) is 0.482. The minimum Gasteiger partial charge on any atom is -0.480 e. The molecular weight excluding hydrogens is 1140 g/mol. The molecule has 3 amide bonds. The number of benzene rings is 2. The number of aliphatic carboxylic acids is 1.